The number of rotatable bonds is 3. The Kier molecular flexibility index (Phi) is 4.36. The Morgan fingerprint density at radius 2 is 1.80 bits per heavy atom. The zero-order valence-electron chi connectivity index (χ0n) is 13.8. The summed E-state index contributed by atoms with van der Waals surface area (Å²) in [4.78, 5) is 14.6. The summed E-state index contributed by atoms with van der Waals surface area (Å²) < 4.78 is 0. The van der Waals surface area contributed by atoms with Gasteiger partial charge in [-0.1, -0.05) is 18.2 Å². The zero-order chi connectivity index (χ0) is 17.8. The van der Waals surface area contributed by atoms with Crippen molar-refractivity contribution in [3.63, 3.8) is 0 Å². The van der Waals surface area contributed by atoms with Crippen LogP contribution < -0.4 is 4.90 Å². The Morgan fingerprint density at radius 1 is 1.08 bits per heavy atom. The number of hydrogen-bond donors (Lipinski definition) is 0. The number of nitrogens with zero attached hydrogens (tertiary/aromatic N) is 6. The average Bonchev–Trinajstić information content (AvgIpc) is 2.67. The third-order valence-corrected chi connectivity index (χ3v) is 3.76. The lowest BCUT2D eigenvalue weighted by atomic mass is 10.1. The van der Waals surface area contributed by atoms with Crippen molar-refractivity contribution in [1.29, 1.82) is 10.5 Å². The molecule has 0 aliphatic rings. The highest BCUT2D eigenvalue weighted by atomic mass is 15.2. The molecule has 0 fully saturated rings. The number of aliphatic imine (C=N–C) groups is 1. The molecule has 0 unspecified atom stereocenters. The topological polar surface area (TPSA) is 89.0 Å². The van der Waals surface area contributed by atoms with Crippen LogP contribution in [0.5, 0.6) is 0 Å². The molecular weight excluding hydrogens is 312 g/mol. The molecule has 2 heterocycles. The monoisotopic (exact) mass is 326 g/mol. The molecular formula is C19H14N6. The summed E-state index contributed by atoms with van der Waals surface area (Å²) >= 11 is 0. The van der Waals surface area contributed by atoms with Crippen LogP contribution in [0.4, 0.5) is 5.82 Å². The van der Waals surface area contributed by atoms with Gasteiger partial charge in [0.1, 0.15) is 17.6 Å². The van der Waals surface area contributed by atoms with E-state index in [4.69, 9.17) is 5.26 Å². The molecule has 0 amide bonds. The summed E-state index contributed by atoms with van der Waals surface area (Å²) in [6.07, 6.45) is 3.20. The fraction of sp³-hybridized carbons (Fsp3) is 0.105. The lowest BCUT2D eigenvalue weighted by Crippen LogP contribution is -2.22. The van der Waals surface area contributed by atoms with Crippen molar-refractivity contribution in [2.75, 3.05) is 11.9 Å². The second-order valence-electron chi connectivity index (χ2n) is 5.32. The second kappa shape index (κ2) is 6.77. The van der Waals surface area contributed by atoms with E-state index >= 15 is 0 Å². The largest absolute Gasteiger partial charge is 0.278 e. The molecule has 0 aliphatic heterocycles. The van der Waals surface area contributed by atoms with Gasteiger partial charge in [0.05, 0.1) is 29.0 Å². The van der Waals surface area contributed by atoms with Gasteiger partial charge in [-0.2, -0.15) is 10.5 Å². The maximum atomic E-state index is 9.47. The van der Waals surface area contributed by atoms with Crippen molar-refractivity contribution in [3.8, 4) is 12.1 Å². The Labute approximate surface area is 145 Å². The summed E-state index contributed by atoms with van der Waals surface area (Å²) in [5, 5.41) is 20.6. The molecule has 0 saturated heterocycles. The van der Waals surface area contributed by atoms with Crippen LogP contribution in [0.25, 0.3) is 21.8 Å². The fourth-order valence-corrected chi connectivity index (χ4v) is 2.57. The molecule has 1 aromatic carbocycles. The Morgan fingerprint density at radius 3 is 2.48 bits per heavy atom. The minimum absolute atomic E-state index is 0.188. The first kappa shape index (κ1) is 16.1. The van der Waals surface area contributed by atoms with E-state index in [1.165, 1.54) is 11.2 Å². The number of nitriles is 2. The highest BCUT2D eigenvalue weighted by Gasteiger charge is 2.15. The summed E-state index contributed by atoms with van der Waals surface area (Å²) in [5.41, 5.74) is 2.00. The van der Waals surface area contributed by atoms with Crippen LogP contribution >= 0.6 is 0 Å². The third-order valence-electron chi connectivity index (χ3n) is 3.76. The first-order chi connectivity index (χ1) is 12.2. The van der Waals surface area contributed by atoms with Gasteiger partial charge < -0.3 is 0 Å². The van der Waals surface area contributed by atoms with Crippen LogP contribution in [-0.4, -0.2) is 23.4 Å². The molecule has 3 rings (SSSR count). The van der Waals surface area contributed by atoms with Crippen molar-refractivity contribution in [2.24, 2.45) is 4.99 Å². The van der Waals surface area contributed by atoms with Crippen LogP contribution in [0.3, 0.4) is 0 Å². The number of benzene rings is 1. The van der Waals surface area contributed by atoms with Gasteiger partial charge in [0.15, 0.2) is 0 Å². The molecule has 6 heteroatoms. The molecule has 2 aromatic heterocycles. The molecule has 0 radical (unpaired) electrons. The van der Waals surface area contributed by atoms with Crippen LogP contribution in [0.2, 0.25) is 0 Å². The van der Waals surface area contributed by atoms with E-state index in [9.17, 15) is 5.26 Å². The molecule has 0 saturated carbocycles. The second-order valence-corrected chi connectivity index (χ2v) is 5.32. The number of pyridine rings is 2. The van der Waals surface area contributed by atoms with E-state index < -0.39 is 0 Å². The Bertz CT molecular complexity index is 1100. The SMILES string of the molecule is C/N=C/N(/C(C#N)=C(\C)C#N)c1ccc2ccc3cccnc3c2n1. The molecule has 0 aliphatic carbocycles. The highest BCUT2D eigenvalue weighted by molar-refractivity contribution is 6.03. The van der Waals surface area contributed by atoms with Crippen LogP contribution in [0.1, 0.15) is 6.92 Å². The third kappa shape index (κ3) is 2.89. The van der Waals surface area contributed by atoms with Crippen LogP contribution in [-0.2, 0) is 0 Å². The Hall–Kier alpha value is -3.77. The lowest BCUT2D eigenvalue weighted by molar-refractivity contribution is 1.17. The predicted octanol–water partition coefficient (Wildman–Crippen LogP) is 3.57. The van der Waals surface area contributed by atoms with E-state index in [1.807, 2.05) is 36.4 Å². The molecule has 0 N–H and O–H groups in total. The van der Waals surface area contributed by atoms with Crippen LogP contribution in [0.15, 0.2) is 58.9 Å². The fourth-order valence-electron chi connectivity index (χ4n) is 2.57. The van der Waals surface area contributed by atoms with Gasteiger partial charge in [-0.15, -0.1) is 0 Å². The number of aromatic nitrogens is 2. The van der Waals surface area contributed by atoms with Crippen molar-refractivity contribution in [1.82, 2.24) is 9.97 Å². The van der Waals surface area contributed by atoms with E-state index in [1.54, 1.807) is 26.2 Å². The quantitative estimate of drug-likeness (QED) is 0.318. The lowest BCUT2D eigenvalue weighted by Gasteiger charge is -2.18. The van der Waals surface area contributed by atoms with Crippen molar-refractivity contribution >= 4 is 34.0 Å². The van der Waals surface area contributed by atoms with Gasteiger partial charge in [0.25, 0.3) is 0 Å². The molecule has 120 valence electrons. The number of hydrogen-bond acceptors (Lipinski definition) is 5. The van der Waals surface area contributed by atoms with Gasteiger partial charge >= 0.3 is 0 Å². The normalized spacial score (nSPS) is 12.0. The summed E-state index contributed by atoms with van der Waals surface area (Å²) in [5.74, 6) is 0.502. The molecule has 3 aromatic rings. The number of fused-ring (bicyclic) bond motifs is 3. The number of anilines is 1. The smallest absolute Gasteiger partial charge is 0.140 e. The summed E-state index contributed by atoms with van der Waals surface area (Å²) in [7, 11) is 1.60. The first-order valence-electron chi connectivity index (χ1n) is 7.56. The van der Waals surface area contributed by atoms with E-state index in [-0.39, 0.29) is 5.70 Å². The molecule has 6 nitrogen and oxygen atoms in total. The summed E-state index contributed by atoms with van der Waals surface area (Å²) in [6, 6.07) is 15.6. The van der Waals surface area contributed by atoms with Crippen LogP contribution in [0, 0.1) is 22.7 Å². The first-order valence-corrected chi connectivity index (χ1v) is 7.56. The molecule has 0 bridgehead atoms. The van der Waals surface area contributed by atoms with E-state index in [0.29, 0.717) is 11.4 Å². The molecule has 25 heavy (non-hydrogen) atoms. The predicted molar refractivity (Wildman–Crippen MR) is 97.9 cm³/mol. The number of allylic oxidation sites excluding steroid dienone is 2. The van der Waals surface area contributed by atoms with Gasteiger partial charge in [-0.3, -0.25) is 14.9 Å². The van der Waals surface area contributed by atoms with Gasteiger partial charge in [0, 0.05) is 24.0 Å². The van der Waals surface area contributed by atoms with E-state index in [2.05, 4.69) is 21.0 Å². The highest BCUT2D eigenvalue weighted by Crippen LogP contribution is 2.26. The molecule has 0 spiro atoms. The van der Waals surface area contributed by atoms with Crippen molar-refractivity contribution in [2.45, 2.75) is 6.92 Å². The molecule has 0 atom stereocenters. The average molecular weight is 326 g/mol. The minimum atomic E-state index is 0.188. The van der Waals surface area contributed by atoms with Crippen molar-refractivity contribution < 1.29 is 0 Å². The Balaban J connectivity index is 2.28. The van der Waals surface area contributed by atoms with Crippen molar-refractivity contribution in [3.05, 3.63) is 53.9 Å². The van der Waals surface area contributed by atoms with E-state index in [0.717, 1.165) is 21.8 Å². The van der Waals surface area contributed by atoms with Gasteiger partial charge in [0.2, 0.25) is 0 Å². The maximum Gasteiger partial charge on any atom is 0.140 e. The standard InChI is InChI=1S/C19H14N6/c1-13(10-20)16(11-21)25(12-22-2)17-8-7-15-6-5-14-4-3-9-23-18(14)19(15)24-17/h3-9,12H,1-2H3/b16-13+,22-12+. The zero-order valence-corrected chi connectivity index (χ0v) is 13.8. The van der Waals surface area contributed by atoms with Gasteiger partial charge in [-0.25, -0.2) is 4.98 Å². The summed E-state index contributed by atoms with van der Waals surface area (Å²) in [6.45, 7) is 1.59. The van der Waals surface area contributed by atoms with Gasteiger partial charge in [-0.05, 0) is 25.1 Å². The maximum absolute atomic E-state index is 9.47. The minimum Gasteiger partial charge on any atom is -0.278 e.